The van der Waals surface area contributed by atoms with Gasteiger partial charge < -0.3 is 10.1 Å². The second-order valence-corrected chi connectivity index (χ2v) is 6.15. The minimum absolute atomic E-state index is 0.0654. The smallest absolute Gasteiger partial charge is 0.218 e. The summed E-state index contributed by atoms with van der Waals surface area (Å²) in [5.74, 6) is 1.51. The van der Waals surface area contributed by atoms with Crippen LogP contribution in [0.5, 0.6) is 5.88 Å². The van der Waals surface area contributed by atoms with Crippen LogP contribution in [-0.4, -0.2) is 42.5 Å². The number of sulfone groups is 1. The third kappa shape index (κ3) is 3.29. The number of hydrogen-bond donors (Lipinski definition) is 1. The maximum Gasteiger partial charge on any atom is 0.218 e. The van der Waals surface area contributed by atoms with Gasteiger partial charge in [0.05, 0.1) is 18.1 Å². The van der Waals surface area contributed by atoms with E-state index in [-0.39, 0.29) is 17.5 Å². The molecule has 1 aliphatic heterocycles. The molecule has 1 unspecified atom stereocenters. The Bertz CT molecular complexity index is 489. The number of nitrogens with one attached hydrogen (secondary N) is 1. The number of nitrogens with zero attached hydrogens (tertiary/aromatic N) is 2. The second-order valence-electron chi connectivity index (χ2n) is 3.92. The molecule has 94 valence electrons. The van der Waals surface area contributed by atoms with Crippen molar-refractivity contribution in [1.29, 1.82) is 0 Å². The van der Waals surface area contributed by atoms with Crippen LogP contribution < -0.4 is 10.1 Å². The van der Waals surface area contributed by atoms with Gasteiger partial charge in [-0.05, 0) is 13.3 Å². The first kappa shape index (κ1) is 12.1. The van der Waals surface area contributed by atoms with Crippen molar-refractivity contribution in [3.8, 4) is 5.88 Å². The van der Waals surface area contributed by atoms with Gasteiger partial charge in [0.25, 0.3) is 0 Å². The minimum Gasteiger partial charge on any atom is -0.478 e. The number of aromatic nitrogens is 2. The van der Waals surface area contributed by atoms with Crippen LogP contribution in [0.25, 0.3) is 0 Å². The Balaban J connectivity index is 2.01. The molecule has 2 heterocycles. The lowest BCUT2D eigenvalue weighted by atomic mass is 10.2. The highest BCUT2D eigenvalue weighted by atomic mass is 32.2. The van der Waals surface area contributed by atoms with Gasteiger partial charge >= 0.3 is 0 Å². The predicted octanol–water partition coefficient (Wildman–Crippen LogP) is 0.474. The molecule has 17 heavy (non-hydrogen) atoms. The molecular weight excluding hydrogens is 242 g/mol. The fraction of sp³-hybridized carbons (Fsp3) is 0.600. The molecule has 0 aliphatic carbocycles. The highest BCUT2D eigenvalue weighted by molar-refractivity contribution is 7.91. The predicted molar refractivity (Wildman–Crippen MR) is 63.9 cm³/mol. The topological polar surface area (TPSA) is 81.2 Å². The zero-order chi connectivity index (χ0) is 12.3. The van der Waals surface area contributed by atoms with Crippen LogP contribution in [0.15, 0.2) is 12.4 Å². The van der Waals surface area contributed by atoms with Crippen LogP contribution in [0.2, 0.25) is 0 Å². The van der Waals surface area contributed by atoms with E-state index in [2.05, 4.69) is 15.3 Å². The second kappa shape index (κ2) is 4.87. The Labute approximate surface area is 100 Å². The molecule has 1 saturated heterocycles. The zero-order valence-electron chi connectivity index (χ0n) is 9.59. The van der Waals surface area contributed by atoms with Gasteiger partial charge in [0.1, 0.15) is 12.1 Å². The van der Waals surface area contributed by atoms with Gasteiger partial charge in [-0.3, -0.25) is 0 Å². The van der Waals surface area contributed by atoms with Crippen LogP contribution in [-0.2, 0) is 9.84 Å². The molecule has 1 aliphatic rings. The summed E-state index contributed by atoms with van der Waals surface area (Å²) >= 11 is 0. The molecule has 0 radical (unpaired) electrons. The van der Waals surface area contributed by atoms with Crippen LogP contribution in [0.4, 0.5) is 5.82 Å². The van der Waals surface area contributed by atoms with Crippen molar-refractivity contribution in [3.63, 3.8) is 0 Å². The maximum atomic E-state index is 11.3. The van der Waals surface area contributed by atoms with Crippen molar-refractivity contribution in [2.45, 2.75) is 19.4 Å². The Kier molecular flexibility index (Phi) is 3.46. The van der Waals surface area contributed by atoms with Crippen molar-refractivity contribution >= 4 is 15.7 Å². The largest absolute Gasteiger partial charge is 0.478 e. The van der Waals surface area contributed by atoms with E-state index in [1.54, 1.807) is 6.07 Å². The maximum absolute atomic E-state index is 11.3. The van der Waals surface area contributed by atoms with E-state index in [4.69, 9.17) is 4.74 Å². The summed E-state index contributed by atoms with van der Waals surface area (Å²) in [7, 11) is -2.87. The zero-order valence-corrected chi connectivity index (χ0v) is 10.4. The average Bonchev–Trinajstić information content (AvgIpc) is 2.59. The van der Waals surface area contributed by atoms with E-state index in [9.17, 15) is 8.42 Å². The summed E-state index contributed by atoms with van der Waals surface area (Å²) in [6.45, 7) is 2.41. The van der Waals surface area contributed by atoms with E-state index in [1.165, 1.54) is 6.33 Å². The molecule has 0 saturated carbocycles. The molecule has 1 N–H and O–H groups in total. The van der Waals surface area contributed by atoms with Gasteiger partial charge in [0.2, 0.25) is 5.88 Å². The van der Waals surface area contributed by atoms with Crippen LogP contribution in [0, 0.1) is 0 Å². The van der Waals surface area contributed by atoms with Crippen LogP contribution in [0.1, 0.15) is 13.3 Å². The Morgan fingerprint density at radius 3 is 3.00 bits per heavy atom. The SMILES string of the molecule is CCOc1cc(NC2CCS(=O)(=O)C2)ncn1. The van der Waals surface area contributed by atoms with Gasteiger partial charge in [-0.1, -0.05) is 0 Å². The van der Waals surface area contributed by atoms with Crippen molar-refractivity contribution < 1.29 is 13.2 Å². The van der Waals surface area contributed by atoms with E-state index < -0.39 is 9.84 Å². The molecule has 1 aromatic rings. The number of rotatable bonds is 4. The lowest BCUT2D eigenvalue weighted by Gasteiger charge is -2.11. The summed E-state index contributed by atoms with van der Waals surface area (Å²) in [4.78, 5) is 7.98. The Morgan fingerprint density at radius 2 is 2.35 bits per heavy atom. The molecule has 0 amide bonds. The quantitative estimate of drug-likeness (QED) is 0.844. The fourth-order valence-corrected chi connectivity index (χ4v) is 3.44. The van der Waals surface area contributed by atoms with Gasteiger partial charge in [-0.15, -0.1) is 0 Å². The summed E-state index contributed by atoms with van der Waals surface area (Å²) in [5, 5.41) is 3.08. The minimum atomic E-state index is -2.87. The first-order valence-electron chi connectivity index (χ1n) is 5.51. The first-order chi connectivity index (χ1) is 8.09. The van der Waals surface area contributed by atoms with Crippen molar-refractivity contribution in [2.75, 3.05) is 23.4 Å². The summed E-state index contributed by atoms with van der Waals surface area (Å²) in [6.07, 6.45) is 2.02. The van der Waals surface area contributed by atoms with Crippen molar-refractivity contribution in [3.05, 3.63) is 12.4 Å². The summed E-state index contributed by atoms with van der Waals surface area (Å²) in [5.41, 5.74) is 0. The number of hydrogen-bond acceptors (Lipinski definition) is 6. The molecule has 2 rings (SSSR count). The highest BCUT2D eigenvalue weighted by Gasteiger charge is 2.27. The van der Waals surface area contributed by atoms with E-state index >= 15 is 0 Å². The number of ether oxygens (including phenoxy) is 1. The van der Waals surface area contributed by atoms with Gasteiger partial charge in [0.15, 0.2) is 9.84 Å². The molecule has 0 spiro atoms. The molecule has 7 heteroatoms. The molecule has 1 aromatic heterocycles. The van der Waals surface area contributed by atoms with Crippen LogP contribution >= 0.6 is 0 Å². The fourth-order valence-electron chi connectivity index (χ4n) is 1.76. The van der Waals surface area contributed by atoms with Gasteiger partial charge in [0, 0.05) is 12.1 Å². The Hall–Kier alpha value is -1.37. The van der Waals surface area contributed by atoms with E-state index in [0.717, 1.165) is 0 Å². The normalized spacial score (nSPS) is 22.3. The first-order valence-corrected chi connectivity index (χ1v) is 7.33. The standard InChI is InChI=1S/C10H15N3O3S/c1-2-16-10-5-9(11-7-12-10)13-8-3-4-17(14,15)6-8/h5,7-8H,2-4,6H2,1H3,(H,11,12,13). The monoisotopic (exact) mass is 257 g/mol. The van der Waals surface area contributed by atoms with Gasteiger partial charge in [-0.25, -0.2) is 18.4 Å². The highest BCUT2D eigenvalue weighted by Crippen LogP contribution is 2.17. The van der Waals surface area contributed by atoms with E-state index in [1.807, 2.05) is 6.92 Å². The molecule has 0 aromatic carbocycles. The molecule has 1 fully saturated rings. The van der Waals surface area contributed by atoms with Crippen LogP contribution in [0.3, 0.4) is 0 Å². The third-order valence-electron chi connectivity index (χ3n) is 2.52. The lowest BCUT2D eigenvalue weighted by molar-refractivity contribution is 0.326. The number of anilines is 1. The van der Waals surface area contributed by atoms with Crippen molar-refractivity contribution in [1.82, 2.24) is 9.97 Å². The molecule has 0 bridgehead atoms. The molecular formula is C10H15N3O3S. The van der Waals surface area contributed by atoms with Crippen molar-refractivity contribution in [2.24, 2.45) is 0 Å². The third-order valence-corrected chi connectivity index (χ3v) is 4.29. The lowest BCUT2D eigenvalue weighted by Crippen LogP contribution is -2.21. The van der Waals surface area contributed by atoms with E-state index in [0.29, 0.717) is 24.7 Å². The van der Waals surface area contributed by atoms with Gasteiger partial charge in [-0.2, -0.15) is 0 Å². The molecule has 6 nitrogen and oxygen atoms in total. The molecule has 1 atom stereocenters. The average molecular weight is 257 g/mol. The summed E-state index contributed by atoms with van der Waals surface area (Å²) < 4.78 is 27.8. The summed E-state index contributed by atoms with van der Waals surface area (Å²) in [6, 6.07) is 1.61. The Morgan fingerprint density at radius 1 is 1.53 bits per heavy atom.